The molecule has 8 heteroatoms. The van der Waals surface area contributed by atoms with Crippen molar-refractivity contribution in [3.8, 4) is 0 Å². The van der Waals surface area contributed by atoms with Crippen LogP contribution in [0.1, 0.15) is 110 Å². The summed E-state index contributed by atoms with van der Waals surface area (Å²) in [6, 6.07) is 0. The molecule has 0 heterocycles. The first-order chi connectivity index (χ1) is 13.9. The molecule has 29 heavy (non-hydrogen) atoms. The summed E-state index contributed by atoms with van der Waals surface area (Å²) in [5.41, 5.74) is 0. The summed E-state index contributed by atoms with van der Waals surface area (Å²) in [6.45, 7) is 1.07. The normalized spacial score (nSPS) is 14.5. The van der Waals surface area contributed by atoms with Gasteiger partial charge in [0.2, 0.25) is 0 Å². The van der Waals surface area contributed by atoms with Gasteiger partial charge in [-0.2, -0.15) is 0 Å². The highest BCUT2D eigenvalue weighted by molar-refractivity contribution is 7.48. The quantitative estimate of drug-likeness (QED) is 0.165. The molecule has 7 nitrogen and oxygen atoms in total. The van der Waals surface area contributed by atoms with E-state index in [1.165, 1.54) is 70.6 Å². The van der Waals surface area contributed by atoms with Crippen LogP contribution in [0.3, 0.4) is 0 Å². The molecule has 0 radical (unpaired) electrons. The van der Waals surface area contributed by atoms with Crippen molar-refractivity contribution in [3.05, 3.63) is 0 Å². The van der Waals surface area contributed by atoms with Gasteiger partial charge in [0.25, 0.3) is 0 Å². The highest BCUT2D eigenvalue weighted by Crippen LogP contribution is 2.43. The molecule has 0 amide bonds. The van der Waals surface area contributed by atoms with Gasteiger partial charge in [-0.1, -0.05) is 96.8 Å². The number of rotatable bonds is 21. The molecule has 0 aromatic carbocycles. The first-order valence-electron chi connectivity index (χ1n) is 11.4. The topological polar surface area (TPSA) is 113 Å². The van der Waals surface area contributed by atoms with Crippen molar-refractivity contribution in [1.82, 2.24) is 0 Å². The fraction of sp³-hybridized carbons (Fsp3) is 0.952. The van der Waals surface area contributed by atoms with Crippen LogP contribution in [0.2, 0.25) is 0 Å². The van der Waals surface area contributed by atoms with Crippen molar-refractivity contribution in [2.45, 2.75) is 116 Å². The molecular weight excluding hydrogens is 395 g/mol. The molecule has 174 valence electrons. The van der Waals surface area contributed by atoms with Crippen LogP contribution in [0.25, 0.3) is 0 Å². The van der Waals surface area contributed by atoms with Crippen molar-refractivity contribution in [2.75, 3.05) is 13.2 Å². The number of hydrogen-bond donors (Lipinski definition) is 3. The van der Waals surface area contributed by atoms with Gasteiger partial charge < -0.3 is 14.7 Å². The number of carbonyl (C=O) groups is 1. The zero-order chi connectivity index (χ0) is 21.8. The van der Waals surface area contributed by atoms with Gasteiger partial charge in [0.15, 0.2) is 0 Å². The maximum atomic E-state index is 11.6. The Morgan fingerprint density at radius 2 is 1.24 bits per heavy atom. The van der Waals surface area contributed by atoms with Crippen LogP contribution in [0.15, 0.2) is 0 Å². The first kappa shape index (κ1) is 28.5. The van der Waals surface area contributed by atoms with Gasteiger partial charge in [0, 0.05) is 6.42 Å². The minimum atomic E-state index is -4.53. The highest BCUT2D eigenvalue weighted by Gasteiger charge is 2.26. The number of aliphatic hydroxyl groups excluding tert-OH is 2. The SMILES string of the molecule is CCCCCCCCCCCCCCCCCC(=O)OP(=O)(O)OCC(O)CO. The van der Waals surface area contributed by atoms with Gasteiger partial charge in [-0.25, -0.2) is 4.57 Å². The van der Waals surface area contributed by atoms with Crippen LogP contribution in [0.4, 0.5) is 0 Å². The van der Waals surface area contributed by atoms with Crippen molar-refractivity contribution in [1.29, 1.82) is 0 Å². The maximum absolute atomic E-state index is 11.6. The van der Waals surface area contributed by atoms with Gasteiger partial charge in [-0.05, 0) is 6.42 Å². The highest BCUT2D eigenvalue weighted by atomic mass is 31.2. The molecule has 0 aliphatic rings. The van der Waals surface area contributed by atoms with Crippen LogP contribution in [0.5, 0.6) is 0 Å². The monoisotopic (exact) mass is 438 g/mol. The smallest absolute Gasteiger partial charge is 0.394 e. The Morgan fingerprint density at radius 3 is 1.66 bits per heavy atom. The maximum Gasteiger partial charge on any atom is 0.529 e. The summed E-state index contributed by atoms with van der Waals surface area (Å²) in [5.74, 6) is -0.788. The summed E-state index contributed by atoms with van der Waals surface area (Å²) in [4.78, 5) is 20.9. The van der Waals surface area contributed by atoms with Crippen molar-refractivity contribution in [2.24, 2.45) is 0 Å². The van der Waals surface area contributed by atoms with E-state index in [0.717, 1.165) is 19.3 Å². The van der Waals surface area contributed by atoms with E-state index in [-0.39, 0.29) is 6.42 Å². The molecule has 0 aromatic heterocycles. The Bertz CT molecular complexity index is 431. The number of aliphatic hydroxyl groups is 2. The molecule has 0 spiro atoms. The minimum Gasteiger partial charge on any atom is -0.394 e. The van der Waals surface area contributed by atoms with Crippen LogP contribution < -0.4 is 0 Å². The van der Waals surface area contributed by atoms with E-state index in [4.69, 9.17) is 10.2 Å². The van der Waals surface area contributed by atoms with E-state index < -0.39 is 33.1 Å². The summed E-state index contributed by atoms with van der Waals surface area (Å²) >= 11 is 0. The lowest BCUT2D eigenvalue weighted by atomic mass is 10.0. The Labute approximate surface area is 176 Å². The molecule has 0 fully saturated rings. The van der Waals surface area contributed by atoms with Crippen LogP contribution in [-0.2, 0) is 18.4 Å². The van der Waals surface area contributed by atoms with E-state index in [9.17, 15) is 14.3 Å². The Balaban J connectivity index is 3.41. The lowest BCUT2D eigenvalue weighted by Gasteiger charge is -2.13. The fourth-order valence-electron chi connectivity index (χ4n) is 3.07. The minimum absolute atomic E-state index is 0.0642. The average molecular weight is 439 g/mol. The average Bonchev–Trinajstić information content (AvgIpc) is 2.68. The lowest BCUT2D eigenvalue weighted by Crippen LogP contribution is -2.19. The molecule has 0 bridgehead atoms. The van der Waals surface area contributed by atoms with Gasteiger partial charge in [0.05, 0.1) is 13.2 Å². The molecule has 0 saturated heterocycles. The van der Waals surface area contributed by atoms with E-state index in [2.05, 4.69) is 16.0 Å². The number of phosphoric acid groups is 1. The summed E-state index contributed by atoms with van der Waals surface area (Å²) in [6.07, 6.45) is 17.1. The predicted molar refractivity (Wildman–Crippen MR) is 115 cm³/mol. The number of hydrogen-bond acceptors (Lipinski definition) is 6. The second-order valence-corrected chi connectivity index (χ2v) is 9.14. The van der Waals surface area contributed by atoms with Gasteiger partial charge >= 0.3 is 13.8 Å². The third-order valence-electron chi connectivity index (χ3n) is 4.84. The molecule has 2 atom stereocenters. The van der Waals surface area contributed by atoms with Crippen LogP contribution in [-0.4, -0.2) is 40.4 Å². The molecule has 0 rings (SSSR count). The molecule has 0 aliphatic carbocycles. The van der Waals surface area contributed by atoms with Crippen molar-refractivity contribution < 1.29 is 33.5 Å². The molecular formula is C21H43O7P. The molecule has 0 saturated carbocycles. The Hall–Kier alpha value is -0.460. The van der Waals surface area contributed by atoms with Crippen LogP contribution >= 0.6 is 7.82 Å². The fourth-order valence-corrected chi connectivity index (χ4v) is 3.84. The molecule has 0 aromatic rings. The second-order valence-electron chi connectivity index (χ2n) is 7.76. The first-order valence-corrected chi connectivity index (χ1v) is 12.9. The number of unbranched alkanes of at least 4 members (excludes halogenated alkanes) is 14. The van der Waals surface area contributed by atoms with Crippen molar-refractivity contribution in [3.63, 3.8) is 0 Å². The van der Waals surface area contributed by atoms with E-state index >= 15 is 0 Å². The van der Waals surface area contributed by atoms with Gasteiger partial charge in [-0.15, -0.1) is 0 Å². The van der Waals surface area contributed by atoms with Gasteiger partial charge in [0.1, 0.15) is 6.10 Å². The molecule has 0 aliphatic heterocycles. The van der Waals surface area contributed by atoms with E-state index in [0.29, 0.717) is 6.42 Å². The third-order valence-corrected chi connectivity index (χ3v) is 5.75. The number of carbonyl (C=O) groups excluding carboxylic acids is 1. The summed E-state index contributed by atoms with van der Waals surface area (Å²) < 4.78 is 20.4. The molecule has 2 unspecified atom stereocenters. The largest absolute Gasteiger partial charge is 0.529 e. The Morgan fingerprint density at radius 1 is 0.828 bits per heavy atom. The third kappa shape index (κ3) is 20.6. The van der Waals surface area contributed by atoms with E-state index in [1.54, 1.807) is 0 Å². The van der Waals surface area contributed by atoms with Crippen LogP contribution in [0, 0.1) is 0 Å². The zero-order valence-corrected chi connectivity index (χ0v) is 19.1. The molecule has 3 N–H and O–H groups in total. The predicted octanol–water partition coefficient (Wildman–Crippen LogP) is 5.26. The van der Waals surface area contributed by atoms with Crippen molar-refractivity contribution >= 4 is 13.8 Å². The van der Waals surface area contributed by atoms with E-state index in [1.807, 2.05) is 0 Å². The standard InChI is InChI=1S/C21H43O7P/c1-2-3-4-5-6-7-8-9-10-11-12-13-14-15-16-17-21(24)28-29(25,26)27-19-20(23)18-22/h20,22-23H,2-19H2,1H3,(H,25,26). The second kappa shape index (κ2) is 19.5. The Kier molecular flexibility index (Phi) is 19.2. The summed E-state index contributed by atoms with van der Waals surface area (Å²) in [5, 5.41) is 17.7. The number of phosphoric ester groups is 1. The summed E-state index contributed by atoms with van der Waals surface area (Å²) in [7, 11) is -4.53. The van der Waals surface area contributed by atoms with Gasteiger partial charge in [-0.3, -0.25) is 14.2 Å². The zero-order valence-electron chi connectivity index (χ0n) is 18.2. The lowest BCUT2D eigenvalue weighted by molar-refractivity contribution is -0.136.